The average molecular weight is 462 g/mol. The molecule has 1 saturated heterocycles. The van der Waals surface area contributed by atoms with E-state index in [-0.39, 0.29) is 30.2 Å². The number of piperidine rings is 1. The van der Waals surface area contributed by atoms with Gasteiger partial charge >= 0.3 is 0 Å². The Morgan fingerprint density at radius 2 is 1.85 bits per heavy atom. The van der Waals surface area contributed by atoms with E-state index in [4.69, 9.17) is 4.74 Å². The van der Waals surface area contributed by atoms with Crippen molar-refractivity contribution in [1.82, 2.24) is 15.5 Å². The first-order chi connectivity index (χ1) is 16.6. The second-order valence-electron chi connectivity index (χ2n) is 9.55. The summed E-state index contributed by atoms with van der Waals surface area (Å²) in [6.45, 7) is 1.80. The summed E-state index contributed by atoms with van der Waals surface area (Å²) < 4.78 is 6.17. The molecule has 2 heterocycles. The fraction of sp³-hybridized carbons (Fsp3) is 0.444. The topological polar surface area (TPSA) is 87.7 Å². The summed E-state index contributed by atoms with van der Waals surface area (Å²) in [5.41, 5.74) is 3.93. The lowest BCUT2D eigenvalue weighted by atomic mass is 9.92. The lowest BCUT2D eigenvalue weighted by Gasteiger charge is -2.30. The van der Waals surface area contributed by atoms with E-state index in [0.717, 1.165) is 43.4 Å². The van der Waals surface area contributed by atoms with Crippen molar-refractivity contribution in [2.75, 3.05) is 0 Å². The number of hydrogen-bond donors (Lipinski definition) is 2. The molecule has 2 N–H and O–H groups in total. The zero-order valence-electron chi connectivity index (χ0n) is 19.3. The Morgan fingerprint density at radius 1 is 1.00 bits per heavy atom. The molecular weight excluding hydrogens is 430 g/mol. The van der Waals surface area contributed by atoms with Crippen LogP contribution in [-0.2, 0) is 34.0 Å². The molecule has 2 aromatic carbocycles. The van der Waals surface area contributed by atoms with Crippen LogP contribution in [0.3, 0.4) is 0 Å². The second-order valence-corrected chi connectivity index (χ2v) is 9.55. The number of amides is 3. The van der Waals surface area contributed by atoms with E-state index in [0.29, 0.717) is 31.2 Å². The highest BCUT2D eigenvalue weighted by atomic mass is 16.5. The molecule has 34 heavy (non-hydrogen) atoms. The van der Waals surface area contributed by atoms with Gasteiger partial charge in [-0.25, -0.2) is 0 Å². The highest BCUT2D eigenvalue weighted by Gasteiger charge is 2.39. The van der Waals surface area contributed by atoms with Gasteiger partial charge < -0.3 is 15.0 Å². The predicted octanol–water partition coefficient (Wildman–Crippen LogP) is 3.07. The molecule has 7 heteroatoms. The molecule has 0 spiro atoms. The fourth-order valence-electron chi connectivity index (χ4n) is 5.27. The van der Waals surface area contributed by atoms with E-state index < -0.39 is 6.04 Å². The van der Waals surface area contributed by atoms with Gasteiger partial charge in [0.2, 0.25) is 11.8 Å². The molecule has 0 radical (unpaired) electrons. The Balaban J connectivity index is 1.14. The molecule has 0 bridgehead atoms. The van der Waals surface area contributed by atoms with Crippen molar-refractivity contribution < 1.29 is 19.1 Å². The maximum absolute atomic E-state index is 12.9. The highest BCUT2D eigenvalue weighted by Crippen LogP contribution is 2.28. The number of carbonyl (C=O) groups is 3. The van der Waals surface area contributed by atoms with Gasteiger partial charge in [-0.1, -0.05) is 42.5 Å². The molecule has 0 aromatic heterocycles. The standard InChI is InChI=1S/C27H31N3O4/c31-25-12-11-24(26(32)29-25)30-16-20-13-19(9-10-23(20)27(30)33)15-28-21-7-4-8-22(14-21)34-17-18-5-2-1-3-6-18/h1-3,5-6,9-10,13,21-22,24,28H,4,7-8,11-12,14-17H2,(H,29,31,32). The van der Waals surface area contributed by atoms with Crippen LogP contribution >= 0.6 is 0 Å². The van der Waals surface area contributed by atoms with Crippen LogP contribution in [0, 0.1) is 0 Å². The molecule has 3 aliphatic rings. The van der Waals surface area contributed by atoms with E-state index >= 15 is 0 Å². The minimum atomic E-state index is -0.575. The number of carbonyl (C=O) groups excluding carboxylic acids is 3. The summed E-state index contributed by atoms with van der Waals surface area (Å²) >= 11 is 0. The van der Waals surface area contributed by atoms with Gasteiger partial charge in [0, 0.05) is 31.1 Å². The van der Waals surface area contributed by atoms with E-state index in [1.54, 1.807) is 4.90 Å². The summed E-state index contributed by atoms with van der Waals surface area (Å²) in [7, 11) is 0. The summed E-state index contributed by atoms with van der Waals surface area (Å²) in [4.78, 5) is 38.2. The van der Waals surface area contributed by atoms with Gasteiger partial charge in [-0.2, -0.15) is 0 Å². The van der Waals surface area contributed by atoms with Crippen molar-refractivity contribution in [2.45, 2.75) is 76.4 Å². The zero-order chi connectivity index (χ0) is 23.5. The first-order valence-electron chi connectivity index (χ1n) is 12.2. The highest BCUT2D eigenvalue weighted by molar-refractivity contribution is 6.05. The van der Waals surface area contributed by atoms with Gasteiger partial charge in [-0.3, -0.25) is 19.7 Å². The van der Waals surface area contributed by atoms with Crippen molar-refractivity contribution in [3.63, 3.8) is 0 Å². The number of fused-ring (bicyclic) bond motifs is 1. The van der Waals surface area contributed by atoms with E-state index in [1.165, 1.54) is 5.56 Å². The third-order valence-electron chi connectivity index (χ3n) is 7.14. The molecule has 3 unspecified atom stereocenters. The van der Waals surface area contributed by atoms with Crippen molar-refractivity contribution in [2.24, 2.45) is 0 Å². The van der Waals surface area contributed by atoms with Crippen LogP contribution in [0.5, 0.6) is 0 Å². The van der Waals surface area contributed by atoms with Crippen LogP contribution in [0.4, 0.5) is 0 Å². The third kappa shape index (κ3) is 5.05. The minimum absolute atomic E-state index is 0.130. The third-order valence-corrected chi connectivity index (χ3v) is 7.14. The molecule has 3 amide bonds. The van der Waals surface area contributed by atoms with Crippen LogP contribution in [-0.4, -0.2) is 40.8 Å². The van der Waals surface area contributed by atoms with Gasteiger partial charge in [-0.05, 0) is 54.9 Å². The molecule has 5 rings (SSSR count). The molecule has 1 saturated carbocycles. The lowest BCUT2D eigenvalue weighted by molar-refractivity contribution is -0.136. The molecule has 2 fully saturated rings. The Hall–Kier alpha value is -3.03. The first-order valence-corrected chi connectivity index (χ1v) is 12.2. The fourth-order valence-corrected chi connectivity index (χ4v) is 5.27. The molecule has 1 aliphatic carbocycles. The maximum Gasteiger partial charge on any atom is 0.255 e. The molecule has 2 aromatic rings. The van der Waals surface area contributed by atoms with Gasteiger partial charge in [0.15, 0.2) is 0 Å². The van der Waals surface area contributed by atoms with Crippen molar-refractivity contribution >= 4 is 17.7 Å². The molecule has 2 aliphatic heterocycles. The summed E-state index contributed by atoms with van der Waals surface area (Å²) in [6, 6.07) is 16.0. The summed E-state index contributed by atoms with van der Waals surface area (Å²) in [6.07, 6.45) is 5.30. The van der Waals surface area contributed by atoms with Crippen molar-refractivity contribution in [3.8, 4) is 0 Å². The smallest absolute Gasteiger partial charge is 0.255 e. The van der Waals surface area contributed by atoms with Crippen LogP contribution in [0.25, 0.3) is 0 Å². The molecular formula is C27H31N3O4. The van der Waals surface area contributed by atoms with E-state index in [2.05, 4.69) is 28.8 Å². The van der Waals surface area contributed by atoms with Gasteiger partial charge in [0.25, 0.3) is 5.91 Å². The SMILES string of the molecule is O=C1CCC(N2Cc3cc(CNC4CCCC(OCc5ccccc5)C4)ccc3C2=O)C(=O)N1. The maximum atomic E-state index is 12.9. The number of ether oxygens (including phenoxy) is 1. The van der Waals surface area contributed by atoms with Crippen LogP contribution in [0.15, 0.2) is 48.5 Å². The minimum Gasteiger partial charge on any atom is -0.373 e. The Bertz CT molecular complexity index is 1070. The monoisotopic (exact) mass is 461 g/mol. The summed E-state index contributed by atoms with van der Waals surface area (Å²) in [5, 5.41) is 6.03. The molecule has 178 valence electrons. The first kappa shape index (κ1) is 22.7. The van der Waals surface area contributed by atoms with Gasteiger partial charge in [0.05, 0.1) is 12.7 Å². The lowest BCUT2D eigenvalue weighted by Crippen LogP contribution is -2.52. The molecule has 7 nitrogen and oxygen atoms in total. The largest absolute Gasteiger partial charge is 0.373 e. The zero-order valence-corrected chi connectivity index (χ0v) is 19.3. The number of nitrogens with one attached hydrogen (secondary N) is 2. The van der Waals surface area contributed by atoms with Crippen molar-refractivity contribution in [3.05, 3.63) is 70.8 Å². The van der Waals surface area contributed by atoms with Crippen LogP contribution < -0.4 is 10.6 Å². The number of rotatable bonds is 7. The predicted molar refractivity (Wildman–Crippen MR) is 127 cm³/mol. The van der Waals surface area contributed by atoms with E-state index in [1.807, 2.05) is 30.3 Å². The number of hydrogen-bond acceptors (Lipinski definition) is 5. The summed E-state index contributed by atoms with van der Waals surface area (Å²) in [5.74, 6) is -0.774. The number of imide groups is 1. The quantitative estimate of drug-likeness (QED) is 0.619. The van der Waals surface area contributed by atoms with Crippen LogP contribution in [0.1, 0.15) is 65.6 Å². The average Bonchev–Trinajstić information content (AvgIpc) is 3.18. The van der Waals surface area contributed by atoms with E-state index in [9.17, 15) is 14.4 Å². The second kappa shape index (κ2) is 10.1. The van der Waals surface area contributed by atoms with Crippen LogP contribution in [0.2, 0.25) is 0 Å². The molecule has 3 atom stereocenters. The van der Waals surface area contributed by atoms with Gasteiger partial charge in [0.1, 0.15) is 6.04 Å². The number of benzene rings is 2. The van der Waals surface area contributed by atoms with Gasteiger partial charge in [-0.15, -0.1) is 0 Å². The normalized spacial score (nSPS) is 24.8. The van der Waals surface area contributed by atoms with Crippen molar-refractivity contribution in [1.29, 1.82) is 0 Å². The Labute approximate surface area is 199 Å². The Morgan fingerprint density at radius 3 is 2.68 bits per heavy atom. The Kier molecular flexibility index (Phi) is 6.74. The number of nitrogens with zero attached hydrogens (tertiary/aromatic N) is 1.